The highest BCUT2D eigenvalue weighted by atomic mass is 19.4. The smallest absolute Gasteiger partial charge is 0.284 e. The number of benzene rings is 1. The Morgan fingerprint density at radius 2 is 1.66 bits per heavy atom. The molecule has 0 aromatic heterocycles. The molecule has 0 heterocycles. The highest BCUT2D eigenvalue weighted by molar-refractivity contribution is 6.04. The molecule has 0 saturated carbocycles. The highest BCUT2D eigenvalue weighted by Crippen LogP contribution is 2.31. The average molecular weight is 492 g/mol. The maximum absolute atomic E-state index is 13.7. The summed E-state index contributed by atoms with van der Waals surface area (Å²) in [6.45, 7) is 14.9. The molecule has 1 atom stereocenters. The van der Waals surface area contributed by atoms with E-state index >= 15 is 0 Å². The van der Waals surface area contributed by atoms with Gasteiger partial charge in [0.2, 0.25) is 0 Å². The molecule has 4 heteroatoms. The van der Waals surface area contributed by atoms with Crippen molar-refractivity contribution in [3.05, 3.63) is 52.6 Å². The van der Waals surface area contributed by atoms with Crippen LogP contribution in [0.15, 0.2) is 40.9 Å². The number of unbranched alkanes of at least 4 members (excludes halogenated alkanes) is 1. The summed E-state index contributed by atoms with van der Waals surface area (Å²) in [5.41, 5.74) is 4.90. The molecule has 0 fully saturated rings. The Kier molecular flexibility index (Phi) is 14.3. The number of allylic oxidation sites excluding steroid dienone is 3. The van der Waals surface area contributed by atoms with Crippen molar-refractivity contribution < 1.29 is 13.2 Å². The van der Waals surface area contributed by atoms with Gasteiger partial charge in [0.25, 0.3) is 0 Å². The number of rotatable bonds is 16. The van der Waals surface area contributed by atoms with E-state index in [1.54, 1.807) is 0 Å². The summed E-state index contributed by atoms with van der Waals surface area (Å²) in [6, 6.07) is 6.45. The summed E-state index contributed by atoms with van der Waals surface area (Å²) in [6.07, 6.45) is 7.40. The van der Waals surface area contributed by atoms with Gasteiger partial charge < -0.3 is 0 Å². The first-order chi connectivity index (χ1) is 16.6. The zero-order valence-electron chi connectivity index (χ0n) is 23.1. The molecule has 0 radical (unpaired) electrons. The molecule has 198 valence electrons. The van der Waals surface area contributed by atoms with Gasteiger partial charge >= 0.3 is 6.18 Å². The normalized spacial score (nSPS) is 14.1. The van der Waals surface area contributed by atoms with Crippen LogP contribution in [0.4, 0.5) is 13.2 Å². The van der Waals surface area contributed by atoms with E-state index in [0.717, 1.165) is 53.9 Å². The Balaban J connectivity index is 3.22. The summed E-state index contributed by atoms with van der Waals surface area (Å²) in [5.74, 6) is 0.768. The van der Waals surface area contributed by atoms with E-state index in [1.165, 1.54) is 44.7 Å². The second-order valence-electron chi connectivity index (χ2n) is 9.91. The minimum Gasteiger partial charge on any atom is -0.284 e. The fourth-order valence-corrected chi connectivity index (χ4v) is 4.94. The largest absolute Gasteiger partial charge is 0.433 e. The van der Waals surface area contributed by atoms with E-state index in [9.17, 15) is 13.2 Å². The summed E-state index contributed by atoms with van der Waals surface area (Å²) < 4.78 is 41.0. The van der Waals surface area contributed by atoms with E-state index in [0.29, 0.717) is 24.8 Å². The van der Waals surface area contributed by atoms with Crippen LogP contribution >= 0.6 is 0 Å². The molecule has 0 aliphatic heterocycles. The standard InChI is InChI=1S/C31H48F3N/c1-8-12-17-25(11-4)18-13-16-23(5)29-22-26(14-9-2)19-20-27(29)21-24(6)28(15-10-3)30(35-7)31(32,33)34/h19-20,22,25H,5,8-18,21H2,1-4,6-7H3/b28-24-,35-30?. The molecule has 0 amide bonds. The van der Waals surface area contributed by atoms with Crippen LogP contribution in [0.3, 0.4) is 0 Å². The third-order valence-electron chi connectivity index (χ3n) is 6.98. The molecule has 0 bridgehead atoms. The van der Waals surface area contributed by atoms with Crippen molar-refractivity contribution in [2.75, 3.05) is 7.05 Å². The van der Waals surface area contributed by atoms with Gasteiger partial charge in [0, 0.05) is 7.05 Å². The summed E-state index contributed by atoms with van der Waals surface area (Å²) in [4.78, 5) is 3.64. The number of hydrogen-bond acceptors (Lipinski definition) is 1. The lowest BCUT2D eigenvalue weighted by Crippen LogP contribution is -2.26. The van der Waals surface area contributed by atoms with Crippen LogP contribution in [0.2, 0.25) is 0 Å². The molecular formula is C31H48F3N. The lowest BCUT2D eigenvalue weighted by molar-refractivity contribution is -0.0585. The second kappa shape index (κ2) is 16.0. The Bertz CT molecular complexity index is 845. The van der Waals surface area contributed by atoms with Gasteiger partial charge in [0.05, 0.1) is 0 Å². The number of halogens is 3. The van der Waals surface area contributed by atoms with Crippen LogP contribution in [0, 0.1) is 5.92 Å². The van der Waals surface area contributed by atoms with Crippen LogP contribution in [0.1, 0.15) is 116 Å². The molecule has 1 unspecified atom stereocenters. The fraction of sp³-hybridized carbons (Fsp3) is 0.645. The van der Waals surface area contributed by atoms with Gasteiger partial charge in [-0.2, -0.15) is 13.2 Å². The van der Waals surface area contributed by atoms with E-state index in [-0.39, 0.29) is 0 Å². The molecule has 0 saturated heterocycles. The summed E-state index contributed by atoms with van der Waals surface area (Å²) in [5, 5.41) is 0. The number of alkyl halides is 3. The van der Waals surface area contributed by atoms with Gasteiger partial charge in [-0.15, -0.1) is 0 Å². The molecule has 35 heavy (non-hydrogen) atoms. The van der Waals surface area contributed by atoms with Crippen molar-refractivity contribution in [2.45, 2.75) is 118 Å². The Hall–Kier alpha value is -1.84. The van der Waals surface area contributed by atoms with Crippen LogP contribution in [0.5, 0.6) is 0 Å². The van der Waals surface area contributed by atoms with Crippen molar-refractivity contribution in [1.29, 1.82) is 0 Å². The maximum Gasteiger partial charge on any atom is 0.433 e. The number of aliphatic imine (C=N–C) groups is 1. The Morgan fingerprint density at radius 3 is 2.20 bits per heavy atom. The third-order valence-corrected chi connectivity index (χ3v) is 6.98. The van der Waals surface area contributed by atoms with E-state index in [4.69, 9.17) is 0 Å². The van der Waals surface area contributed by atoms with Crippen molar-refractivity contribution >= 4 is 11.3 Å². The minimum absolute atomic E-state index is 0.332. The predicted octanol–water partition coefficient (Wildman–Crippen LogP) is 10.3. The molecule has 1 nitrogen and oxygen atoms in total. The zero-order chi connectivity index (χ0) is 26.4. The summed E-state index contributed by atoms with van der Waals surface area (Å²) >= 11 is 0. The van der Waals surface area contributed by atoms with Crippen molar-refractivity contribution in [3.8, 4) is 0 Å². The van der Waals surface area contributed by atoms with Crippen molar-refractivity contribution in [3.63, 3.8) is 0 Å². The first-order valence-electron chi connectivity index (χ1n) is 13.7. The van der Waals surface area contributed by atoms with E-state index < -0.39 is 11.9 Å². The van der Waals surface area contributed by atoms with Gasteiger partial charge in [-0.25, -0.2) is 0 Å². The molecule has 0 N–H and O–H groups in total. The lowest BCUT2D eigenvalue weighted by Gasteiger charge is -2.20. The fourth-order valence-electron chi connectivity index (χ4n) is 4.94. The Labute approximate surface area is 213 Å². The Morgan fingerprint density at radius 1 is 0.971 bits per heavy atom. The molecule has 1 aromatic carbocycles. The van der Waals surface area contributed by atoms with E-state index in [2.05, 4.69) is 50.5 Å². The number of nitrogens with zero attached hydrogens (tertiary/aromatic N) is 1. The highest BCUT2D eigenvalue weighted by Gasteiger charge is 2.37. The number of aryl methyl sites for hydroxylation is 1. The predicted molar refractivity (Wildman–Crippen MR) is 147 cm³/mol. The second-order valence-corrected chi connectivity index (χ2v) is 9.91. The monoisotopic (exact) mass is 491 g/mol. The van der Waals surface area contributed by atoms with Gasteiger partial charge in [0.1, 0.15) is 5.71 Å². The van der Waals surface area contributed by atoms with Gasteiger partial charge in [0.15, 0.2) is 0 Å². The maximum atomic E-state index is 13.7. The number of hydrogen-bond donors (Lipinski definition) is 0. The summed E-state index contributed by atoms with van der Waals surface area (Å²) in [7, 11) is 1.24. The van der Waals surface area contributed by atoms with Crippen LogP contribution in [-0.4, -0.2) is 18.9 Å². The topological polar surface area (TPSA) is 12.4 Å². The molecule has 0 aliphatic carbocycles. The first kappa shape index (κ1) is 31.2. The van der Waals surface area contributed by atoms with Crippen LogP contribution in [0.25, 0.3) is 5.57 Å². The average Bonchev–Trinajstić information content (AvgIpc) is 2.81. The lowest BCUT2D eigenvalue weighted by atomic mass is 9.87. The zero-order valence-corrected chi connectivity index (χ0v) is 23.1. The van der Waals surface area contributed by atoms with E-state index in [1.807, 2.05) is 13.8 Å². The molecular weight excluding hydrogens is 443 g/mol. The molecule has 0 spiro atoms. The third kappa shape index (κ3) is 10.4. The van der Waals surface area contributed by atoms with Crippen molar-refractivity contribution in [2.24, 2.45) is 10.9 Å². The SMILES string of the molecule is C=C(CCCC(CC)CCCC)c1cc(CCC)ccc1C/C(C)=C(/CCC)C(=NC)C(F)(F)F. The quantitative estimate of drug-likeness (QED) is 0.204. The van der Waals surface area contributed by atoms with Crippen molar-refractivity contribution in [1.82, 2.24) is 0 Å². The van der Waals surface area contributed by atoms with Crippen LogP contribution in [-0.2, 0) is 12.8 Å². The first-order valence-corrected chi connectivity index (χ1v) is 13.7. The molecule has 1 rings (SSSR count). The minimum atomic E-state index is -4.44. The van der Waals surface area contributed by atoms with Crippen LogP contribution < -0.4 is 0 Å². The van der Waals surface area contributed by atoms with Gasteiger partial charge in [-0.3, -0.25) is 4.99 Å². The van der Waals surface area contributed by atoms with Gasteiger partial charge in [-0.1, -0.05) is 103 Å². The molecule has 1 aromatic rings. The van der Waals surface area contributed by atoms with Gasteiger partial charge in [-0.05, 0) is 72.8 Å². The molecule has 0 aliphatic rings.